The second-order valence-electron chi connectivity index (χ2n) is 7.64. The van der Waals surface area contributed by atoms with Crippen LogP contribution in [0.2, 0.25) is 0 Å². The van der Waals surface area contributed by atoms with Crippen LogP contribution in [0.4, 0.5) is 19.0 Å². The van der Waals surface area contributed by atoms with Crippen LogP contribution in [0, 0.1) is 0 Å². The molecule has 0 saturated heterocycles. The summed E-state index contributed by atoms with van der Waals surface area (Å²) < 4.78 is 39.8. The standard InChI is InChI=1S/C26H23F3N4/c27-26(28,29)21-8-4-7-20(17-21)22-9-10-24(33-25(22)19-11-14-31-15-12-19)32-16-13-23(30)18-5-2-1-3-6-18/h1-12,14-15,17,23H,13,16,30H2,(H,32,33). The molecule has 2 aromatic carbocycles. The Morgan fingerprint density at radius 2 is 1.61 bits per heavy atom. The Labute approximate surface area is 190 Å². The van der Waals surface area contributed by atoms with E-state index in [1.165, 1.54) is 6.07 Å². The molecule has 0 aliphatic carbocycles. The van der Waals surface area contributed by atoms with Crippen molar-refractivity contribution in [1.29, 1.82) is 0 Å². The first kappa shape index (κ1) is 22.5. The molecule has 4 nitrogen and oxygen atoms in total. The lowest BCUT2D eigenvalue weighted by molar-refractivity contribution is -0.137. The van der Waals surface area contributed by atoms with Crippen LogP contribution in [0.3, 0.4) is 0 Å². The van der Waals surface area contributed by atoms with Crippen molar-refractivity contribution in [1.82, 2.24) is 9.97 Å². The molecule has 0 amide bonds. The molecule has 4 aromatic rings. The van der Waals surface area contributed by atoms with E-state index in [1.54, 1.807) is 42.7 Å². The van der Waals surface area contributed by atoms with Crippen molar-refractivity contribution < 1.29 is 13.2 Å². The number of alkyl halides is 3. The first-order valence-corrected chi connectivity index (χ1v) is 10.6. The Morgan fingerprint density at radius 1 is 0.848 bits per heavy atom. The Morgan fingerprint density at radius 3 is 2.33 bits per heavy atom. The molecule has 2 aromatic heterocycles. The number of pyridine rings is 2. The number of benzene rings is 2. The zero-order chi connectivity index (χ0) is 23.3. The van der Waals surface area contributed by atoms with Gasteiger partial charge in [0.2, 0.25) is 0 Å². The Bertz CT molecular complexity index is 1200. The summed E-state index contributed by atoms with van der Waals surface area (Å²) in [6.07, 6.45) is -0.456. The molecule has 7 heteroatoms. The summed E-state index contributed by atoms with van der Waals surface area (Å²) in [7, 11) is 0. The maximum Gasteiger partial charge on any atom is 0.416 e. The Hall–Kier alpha value is -3.71. The first-order chi connectivity index (χ1) is 15.9. The van der Waals surface area contributed by atoms with Crippen molar-refractivity contribution in [3.63, 3.8) is 0 Å². The lowest BCUT2D eigenvalue weighted by atomic mass is 9.98. The number of rotatable bonds is 7. The lowest BCUT2D eigenvalue weighted by Gasteiger charge is -2.16. The van der Waals surface area contributed by atoms with Gasteiger partial charge >= 0.3 is 6.18 Å². The van der Waals surface area contributed by atoms with E-state index in [-0.39, 0.29) is 6.04 Å². The highest BCUT2D eigenvalue weighted by Gasteiger charge is 2.30. The molecular weight excluding hydrogens is 425 g/mol. The summed E-state index contributed by atoms with van der Waals surface area (Å²) in [5, 5.41) is 3.28. The summed E-state index contributed by atoms with van der Waals surface area (Å²) in [5.74, 6) is 0.623. The van der Waals surface area contributed by atoms with Crippen LogP contribution >= 0.6 is 0 Å². The molecule has 33 heavy (non-hydrogen) atoms. The fourth-order valence-corrected chi connectivity index (χ4v) is 3.61. The van der Waals surface area contributed by atoms with Crippen LogP contribution in [-0.2, 0) is 6.18 Å². The molecule has 0 aliphatic rings. The van der Waals surface area contributed by atoms with E-state index in [0.717, 1.165) is 23.3 Å². The number of halogens is 3. The molecule has 0 aliphatic heterocycles. The van der Waals surface area contributed by atoms with Gasteiger partial charge in [0, 0.05) is 36.1 Å². The molecule has 1 atom stereocenters. The highest BCUT2D eigenvalue weighted by Crippen LogP contribution is 2.36. The second-order valence-corrected chi connectivity index (χ2v) is 7.64. The fraction of sp³-hybridized carbons (Fsp3) is 0.154. The zero-order valence-corrected chi connectivity index (χ0v) is 17.8. The minimum Gasteiger partial charge on any atom is -0.370 e. The number of nitrogens with two attached hydrogens (primary N) is 1. The van der Waals surface area contributed by atoms with E-state index in [2.05, 4.69) is 10.3 Å². The van der Waals surface area contributed by atoms with E-state index < -0.39 is 11.7 Å². The molecule has 168 valence electrons. The Balaban J connectivity index is 1.60. The van der Waals surface area contributed by atoms with E-state index in [9.17, 15) is 13.2 Å². The van der Waals surface area contributed by atoms with Gasteiger partial charge in [-0.15, -0.1) is 0 Å². The lowest BCUT2D eigenvalue weighted by Crippen LogP contribution is -2.15. The average molecular weight is 448 g/mol. The van der Waals surface area contributed by atoms with E-state index >= 15 is 0 Å². The van der Waals surface area contributed by atoms with Gasteiger partial charge in [-0.3, -0.25) is 4.98 Å². The predicted molar refractivity (Wildman–Crippen MR) is 124 cm³/mol. The van der Waals surface area contributed by atoms with Crippen molar-refractivity contribution in [3.8, 4) is 22.4 Å². The maximum atomic E-state index is 13.3. The number of hydrogen-bond donors (Lipinski definition) is 2. The summed E-state index contributed by atoms with van der Waals surface area (Å²) >= 11 is 0. The zero-order valence-electron chi connectivity index (χ0n) is 17.8. The van der Waals surface area contributed by atoms with Crippen LogP contribution in [0.5, 0.6) is 0 Å². The Kier molecular flexibility index (Phi) is 6.70. The number of nitrogens with one attached hydrogen (secondary N) is 1. The van der Waals surface area contributed by atoms with E-state index in [4.69, 9.17) is 10.7 Å². The number of nitrogens with zero attached hydrogens (tertiary/aromatic N) is 2. The van der Waals surface area contributed by atoms with Crippen molar-refractivity contribution in [2.75, 3.05) is 11.9 Å². The molecule has 0 fully saturated rings. The summed E-state index contributed by atoms with van der Waals surface area (Å²) in [5.41, 5.74) is 9.03. The van der Waals surface area contributed by atoms with Gasteiger partial charge in [-0.05, 0) is 53.9 Å². The van der Waals surface area contributed by atoms with Gasteiger partial charge in [-0.25, -0.2) is 4.98 Å². The highest BCUT2D eigenvalue weighted by atomic mass is 19.4. The molecule has 0 spiro atoms. The molecule has 0 bridgehead atoms. The van der Waals surface area contributed by atoms with Crippen molar-refractivity contribution >= 4 is 5.82 Å². The molecular formula is C26H23F3N4. The SMILES string of the molecule is NC(CCNc1ccc(-c2cccc(C(F)(F)F)c2)c(-c2ccncc2)n1)c1ccccc1. The van der Waals surface area contributed by atoms with Crippen molar-refractivity contribution in [3.05, 3.63) is 102 Å². The van der Waals surface area contributed by atoms with Gasteiger partial charge in [-0.1, -0.05) is 42.5 Å². The average Bonchev–Trinajstić information content (AvgIpc) is 2.84. The van der Waals surface area contributed by atoms with Crippen molar-refractivity contribution in [2.24, 2.45) is 5.73 Å². The third-order valence-corrected chi connectivity index (χ3v) is 5.34. The number of hydrogen-bond acceptors (Lipinski definition) is 4. The first-order valence-electron chi connectivity index (χ1n) is 10.6. The van der Waals surface area contributed by atoms with Gasteiger partial charge in [0.05, 0.1) is 11.3 Å². The third kappa shape index (κ3) is 5.56. The van der Waals surface area contributed by atoms with Gasteiger partial charge in [0.1, 0.15) is 5.82 Å². The fourth-order valence-electron chi connectivity index (χ4n) is 3.61. The molecule has 4 rings (SSSR count). The van der Waals surface area contributed by atoms with Crippen LogP contribution < -0.4 is 11.1 Å². The molecule has 1 unspecified atom stereocenters. The smallest absolute Gasteiger partial charge is 0.370 e. The molecule has 2 heterocycles. The van der Waals surface area contributed by atoms with Crippen LogP contribution in [0.15, 0.2) is 91.3 Å². The monoisotopic (exact) mass is 448 g/mol. The maximum absolute atomic E-state index is 13.3. The van der Waals surface area contributed by atoms with E-state index in [0.29, 0.717) is 35.6 Å². The largest absolute Gasteiger partial charge is 0.416 e. The van der Waals surface area contributed by atoms with Crippen LogP contribution in [0.25, 0.3) is 22.4 Å². The van der Waals surface area contributed by atoms with Crippen LogP contribution in [-0.4, -0.2) is 16.5 Å². The van der Waals surface area contributed by atoms with E-state index in [1.807, 2.05) is 30.3 Å². The summed E-state index contributed by atoms with van der Waals surface area (Å²) in [4.78, 5) is 8.75. The topological polar surface area (TPSA) is 63.8 Å². The normalized spacial score (nSPS) is 12.4. The second kappa shape index (κ2) is 9.83. The molecule has 0 saturated carbocycles. The highest BCUT2D eigenvalue weighted by molar-refractivity contribution is 5.82. The summed E-state index contributed by atoms with van der Waals surface area (Å²) in [6.45, 7) is 0.599. The van der Waals surface area contributed by atoms with Gasteiger partial charge < -0.3 is 11.1 Å². The number of anilines is 1. The molecule has 0 radical (unpaired) electrons. The number of aromatic nitrogens is 2. The quantitative estimate of drug-likeness (QED) is 0.347. The van der Waals surface area contributed by atoms with Crippen molar-refractivity contribution in [2.45, 2.75) is 18.6 Å². The minimum atomic E-state index is -4.42. The minimum absolute atomic E-state index is 0.109. The third-order valence-electron chi connectivity index (χ3n) is 5.34. The summed E-state index contributed by atoms with van der Waals surface area (Å²) in [6, 6.07) is 22.2. The van der Waals surface area contributed by atoms with Gasteiger partial charge in [-0.2, -0.15) is 13.2 Å². The predicted octanol–water partition coefficient (Wildman–Crippen LogP) is 6.33. The van der Waals surface area contributed by atoms with Gasteiger partial charge in [0.15, 0.2) is 0 Å². The molecule has 3 N–H and O–H groups in total. The van der Waals surface area contributed by atoms with Crippen LogP contribution in [0.1, 0.15) is 23.6 Å². The van der Waals surface area contributed by atoms with Gasteiger partial charge in [0.25, 0.3) is 0 Å².